The maximum atomic E-state index is 12.9. The van der Waals surface area contributed by atoms with Crippen LogP contribution in [0, 0.1) is 0 Å². The van der Waals surface area contributed by atoms with Crippen molar-refractivity contribution in [3.63, 3.8) is 0 Å². The van der Waals surface area contributed by atoms with Gasteiger partial charge in [-0.3, -0.25) is 19.7 Å². The molecule has 5 amide bonds. The van der Waals surface area contributed by atoms with E-state index in [1.807, 2.05) is 6.07 Å². The zero-order valence-electron chi connectivity index (χ0n) is 21.4. The fourth-order valence-corrected chi connectivity index (χ4v) is 4.98. The normalized spacial score (nSPS) is 16.4. The van der Waals surface area contributed by atoms with E-state index in [1.54, 1.807) is 37.3 Å². The Morgan fingerprint density at radius 2 is 1.95 bits per heavy atom. The van der Waals surface area contributed by atoms with Gasteiger partial charge < -0.3 is 20.3 Å². The summed E-state index contributed by atoms with van der Waals surface area (Å²) in [7, 11) is 0. The van der Waals surface area contributed by atoms with Gasteiger partial charge in [0.1, 0.15) is 6.04 Å². The van der Waals surface area contributed by atoms with Gasteiger partial charge in [0, 0.05) is 48.7 Å². The number of nitrogens with one attached hydrogen (secondary N) is 3. The lowest BCUT2D eigenvalue weighted by molar-refractivity contribution is -0.136. The van der Waals surface area contributed by atoms with Gasteiger partial charge in [0.25, 0.3) is 5.91 Å². The summed E-state index contributed by atoms with van der Waals surface area (Å²) in [6, 6.07) is 8.89. The number of hydrogen-bond donors (Lipinski definition) is 3. The van der Waals surface area contributed by atoms with E-state index >= 15 is 0 Å². The Morgan fingerprint density at radius 1 is 1.15 bits per heavy atom. The second-order valence-corrected chi connectivity index (χ2v) is 9.62. The van der Waals surface area contributed by atoms with Crippen molar-refractivity contribution in [3.8, 4) is 11.4 Å². The lowest BCUT2D eigenvalue weighted by Crippen LogP contribution is -2.52. The van der Waals surface area contributed by atoms with Crippen LogP contribution in [0.2, 0.25) is 5.02 Å². The standard InChI is InChI=1S/C27H25ClN6O6/c1-2-40-27(39)33-10-9-29-23(33)19-6-4-17(12-20(19)28)31-26(38)30-13-15-3-5-18-16(11-15)14-34(25(18)37)21-7-8-22(35)32-24(21)36/h3-6,9-12,21H,2,7-8,13-14H2,1H3,(H2,30,31,38)(H,32,35,36). The Bertz CT molecular complexity index is 1540. The molecule has 3 N–H and O–H groups in total. The summed E-state index contributed by atoms with van der Waals surface area (Å²) in [6.45, 7) is 2.36. The van der Waals surface area contributed by atoms with Crippen molar-refractivity contribution < 1.29 is 28.7 Å². The van der Waals surface area contributed by atoms with Crippen molar-refractivity contribution in [3.05, 3.63) is 70.5 Å². The van der Waals surface area contributed by atoms with Gasteiger partial charge in [0.15, 0.2) is 5.82 Å². The molecule has 3 aromatic rings. The highest BCUT2D eigenvalue weighted by Gasteiger charge is 2.39. The van der Waals surface area contributed by atoms with Gasteiger partial charge in [-0.25, -0.2) is 19.1 Å². The average Bonchev–Trinajstić information content (AvgIpc) is 3.53. The van der Waals surface area contributed by atoms with E-state index < -0.39 is 24.1 Å². The van der Waals surface area contributed by atoms with Crippen LogP contribution >= 0.6 is 11.6 Å². The van der Waals surface area contributed by atoms with Crippen LogP contribution in [0.3, 0.4) is 0 Å². The zero-order valence-corrected chi connectivity index (χ0v) is 22.2. The lowest BCUT2D eigenvalue weighted by Gasteiger charge is -2.29. The molecule has 1 atom stereocenters. The summed E-state index contributed by atoms with van der Waals surface area (Å²) in [5.74, 6) is -0.748. The van der Waals surface area contributed by atoms with Crippen LogP contribution in [0.25, 0.3) is 11.4 Å². The summed E-state index contributed by atoms with van der Waals surface area (Å²) in [4.78, 5) is 66.9. The first-order valence-corrected chi connectivity index (χ1v) is 12.9. The molecule has 12 nitrogen and oxygen atoms in total. The number of carbonyl (C=O) groups is 5. The zero-order chi connectivity index (χ0) is 28.4. The van der Waals surface area contributed by atoms with Crippen LogP contribution in [0.1, 0.15) is 41.3 Å². The number of anilines is 1. The predicted molar refractivity (Wildman–Crippen MR) is 143 cm³/mol. The van der Waals surface area contributed by atoms with Crippen LogP contribution in [0.5, 0.6) is 0 Å². The van der Waals surface area contributed by atoms with E-state index in [4.69, 9.17) is 16.3 Å². The Kier molecular flexibility index (Phi) is 7.52. The van der Waals surface area contributed by atoms with Gasteiger partial charge in [-0.15, -0.1) is 0 Å². The fraction of sp³-hybridized carbons (Fsp3) is 0.259. The van der Waals surface area contributed by atoms with Gasteiger partial charge in [-0.2, -0.15) is 0 Å². The van der Waals surface area contributed by atoms with E-state index in [1.165, 1.54) is 21.9 Å². The second-order valence-electron chi connectivity index (χ2n) is 9.21. The van der Waals surface area contributed by atoms with E-state index in [0.717, 1.165) is 11.1 Å². The highest BCUT2D eigenvalue weighted by molar-refractivity contribution is 6.33. The number of halogens is 1. The van der Waals surface area contributed by atoms with Crippen LogP contribution in [0.4, 0.5) is 15.3 Å². The number of fused-ring (bicyclic) bond motifs is 1. The van der Waals surface area contributed by atoms with E-state index in [2.05, 4.69) is 20.9 Å². The van der Waals surface area contributed by atoms with Gasteiger partial charge >= 0.3 is 12.1 Å². The second kappa shape index (κ2) is 11.2. The van der Waals surface area contributed by atoms with Crippen molar-refractivity contribution >= 4 is 47.1 Å². The topological polar surface area (TPSA) is 152 Å². The predicted octanol–water partition coefficient (Wildman–Crippen LogP) is 3.29. The Hall–Kier alpha value is -4.71. The van der Waals surface area contributed by atoms with Crippen molar-refractivity contribution in [2.24, 2.45) is 0 Å². The first kappa shape index (κ1) is 26.9. The smallest absolute Gasteiger partial charge is 0.419 e. The van der Waals surface area contributed by atoms with Crippen LogP contribution in [-0.2, 0) is 27.4 Å². The number of piperidine rings is 1. The molecule has 5 rings (SSSR count). The minimum Gasteiger partial charge on any atom is -0.449 e. The van der Waals surface area contributed by atoms with Crippen LogP contribution in [0.15, 0.2) is 48.8 Å². The molecule has 0 saturated carbocycles. The molecular weight excluding hydrogens is 540 g/mol. The van der Waals surface area contributed by atoms with E-state index in [9.17, 15) is 24.0 Å². The highest BCUT2D eigenvalue weighted by atomic mass is 35.5. The molecule has 0 radical (unpaired) electrons. The van der Waals surface area contributed by atoms with Crippen molar-refractivity contribution in [2.75, 3.05) is 11.9 Å². The monoisotopic (exact) mass is 564 g/mol. The summed E-state index contributed by atoms with van der Waals surface area (Å²) in [6.07, 6.45) is 2.84. The molecule has 2 aliphatic rings. The molecule has 2 aliphatic heterocycles. The number of imidazole rings is 1. The SMILES string of the molecule is CCOC(=O)n1ccnc1-c1ccc(NC(=O)NCc2ccc3c(c2)CN(C2CCC(=O)NC2=O)C3=O)cc1Cl. The molecule has 13 heteroatoms. The van der Waals surface area contributed by atoms with E-state index in [-0.39, 0.29) is 43.0 Å². The maximum Gasteiger partial charge on any atom is 0.419 e. The number of hydrogen-bond acceptors (Lipinski definition) is 7. The third kappa shape index (κ3) is 5.38. The Labute approximate surface area is 233 Å². The fourth-order valence-electron chi connectivity index (χ4n) is 4.71. The van der Waals surface area contributed by atoms with Crippen molar-refractivity contribution in [1.82, 2.24) is 25.1 Å². The van der Waals surface area contributed by atoms with Gasteiger partial charge in [-0.1, -0.05) is 23.7 Å². The number of benzene rings is 2. The summed E-state index contributed by atoms with van der Waals surface area (Å²) in [5, 5.41) is 8.04. The minimum absolute atomic E-state index is 0.187. The largest absolute Gasteiger partial charge is 0.449 e. The summed E-state index contributed by atoms with van der Waals surface area (Å²) in [5.41, 5.74) is 2.94. The molecule has 1 fully saturated rings. The Balaban J connectivity index is 1.19. The number of rotatable bonds is 6. The molecule has 40 heavy (non-hydrogen) atoms. The number of nitrogens with zero attached hydrogens (tertiary/aromatic N) is 3. The number of urea groups is 1. The molecule has 0 aliphatic carbocycles. The first-order valence-electron chi connectivity index (χ1n) is 12.6. The van der Waals surface area contributed by atoms with Gasteiger partial charge in [0.05, 0.1) is 11.6 Å². The molecule has 0 bridgehead atoms. The molecule has 2 aromatic carbocycles. The lowest BCUT2D eigenvalue weighted by atomic mass is 10.0. The molecular formula is C27H25ClN6O6. The third-order valence-corrected chi connectivity index (χ3v) is 6.93. The van der Waals surface area contributed by atoms with E-state index in [0.29, 0.717) is 29.1 Å². The van der Waals surface area contributed by atoms with Crippen LogP contribution in [-0.4, -0.2) is 56.9 Å². The summed E-state index contributed by atoms with van der Waals surface area (Å²) >= 11 is 6.43. The molecule has 206 valence electrons. The molecule has 1 saturated heterocycles. The van der Waals surface area contributed by atoms with Gasteiger partial charge in [0.2, 0.25) is 11.8 Å². The number of amides is 5. The van der Waals surface area contributed by atoms with Crippen LogP contribution < -0.4 is 16.0 Å². The van der Waals surface area contributed by atoms with Crippen molar-refractivity contribution in [2.45, 2.75) is 38.9 Å². The maximum absolute atomic E-state index is 12.9. The number of imide groups is 1. The number of carbonyl (C=O) groups excluding carboxylic acids is 5. The number of aromatic nitrogens is 2. The highest BCUT2D eigenvalue weighted by Crippen LogP contribution is 2.30. The molecule has 1 unspecified atom stereocenters. The molecule has 1 aromatic heterocycles. The molecule has 3 heterocycles. The average molecular weight is 565 g/mol. The van der Waals surface area contributed by atoms with Gasteiger partial charge in [-0.05, 0) is 48.7 Å². The van der Waals surface area contributed by atoms with Crippen molar-refractivity contribution in [1.29, 1.82) is 0 Å². The minimum atomic E-state index is -0.687. The number of ether oxygens (including phenoxy) is 1. The molecule has 0 spiro atoms. The quantitative estimate of drug-likeness (QED) is 0.388. The third-order valence-electron chi connectivity index (χ3n) is 6.61. The first-order chi connectivity index (χ1) is 19.2. The Morgan fingerprint density at radius 3 is 2.70 bits per heavy atom. The summed E-state index contributed by atoms with van der Waals surface area (Å²) < 4.78 is 6.28.